The SMILES string of the molecule is C=C(C)C(=O)NC(COC(=O)CCCOC(=O)C(C)(C)CC)C(=O)O. The minimum absolute atomic E-state index is 0.0272. The highest BCUT2D eigenvalue weighted by molar-refractivity contribution is 5.94. The maximum Gasteiger partial charge on any atom is 0.329 e. The fourth-order valence-corrected chi connectivity index (χ4v) is 1.43. The van der Waals surface area contributed by atoms with Crippen LogP contribution in [0.2, 0.25) is 0 Å². The molecule has 0 aliphatic heterocycles. The summed E-state index contributed by atoms with van der Waals surface area (Å²) in [5, 5.41) is 11.2. The molecule has 1 amide bonds. The summed E-state index contributed by atoms with van der Waals surface area (Å²) in [6, 6.07) is -1.35. The minimum atomic E-state index is -1.35. The van der Waals surface area contributed by atoms with Crippen molar-refractivity contribution in [1.82, 2.24) is 5.32 Å². The summed E-state index contributed by atoms with van der Waals surface area (Å²) in [5.74, 6) is -2.93. The Labute approximate surface area is 147 Å². The molecular formula is C17H27NO7. The van der Waals surface area contributed by atoms with Crippen molar-refractivity contribution in [1.29, 1.82) is 0 Å². The number of hydrogen-bond acceptors (Lipinski definition) is 6. The van der Waals surface area contributed by atoms with Crippen molar-refractivity contribution in [2.45, 2.75) is 53.0 Å². The molecule has 8 heteroatoms. The lowest BCUT2D eigenvalue weighted by atomic mass is 9.91. The molecule has 25 heavy (non-hydrogen) atoms. The molecule has 0 aliphatic carbocycles. The van der Waals surface area contributed by atoms with Crippen LogP contribution in [0, 0.1) is 5.41 Å². The number of hydrogen-bond donors (Lipinski definition) is 2. The number of nitrogens with one attached hydrogen (secondary N) is 1. The number of amides is 1. The summed E-state index contributed by atoms with van der Waals surface area (Å²) in [7, 11) is 0. The number of ether oxygens (including phenoxy) is 2. The van der Waals surface area contributed by atoms with Crippen LogP contribution in [-0.4, -0.2) is 48.2 Å². The first kappa shape index (κ1) is 22.6. The fourth-order valence-electron chi connectivity index (χ4n) is 1.43. The minimum Gasteiger partial charge on any atom is -0.480 e. The molecule has 0 saturated carbocycles. The van der Waals surface area contributed by atoms with Gasteiger partial charge in [-0.25, -0.2) is 4.79 Å². The number of rotatable bonds is 11. The topological polar surface area (TPSA) is 119 Å². The highest BCUT2D eigenvalue weighted by Crippen LogP contribution is 2.21. The van der Waals surface area contributed by atoms with Crippen molar-refractivity contribution in [3.63, 3.8) is 0 Å². The van der Waals surface area contributed by atoms with E-state index in [1.807, 2.05) is 6.92 Å². The molecular weight excluding hydrogens is 330 g/mol. The third-order valence-corrected chi connectivity index (χ3v) is 3.60. The molecule has 0 aliphatic rings. The second-order valence-electron chi connectivity index (χ2n) is 6.30. The van der Waals surface area contributed by atoms with E-state index in [1.54, 1.807) is 13.8 Å². The van der Waals surface area contributed by atoms with E-state index in [9.17, 15) is 19.2 Å². The predicted octanol–water partition coefficient (Wildman–Crippen LogP) is 1.43. The van der Waals surface area contributed by atoms with Gasteiger partial charge >= 0.3 is 17.9 Å². The Morgan fingerprint density at radius 2 is 1.80 bits per heavy atom. The Bertz CT molecular complexity index is 525. The van der Waals surface area contributed by atoms with Gasteiger partial charge in [0.2, 0.25) is 5.91 Å². The van der Waals surface area contributed by atoms with Crippen LogP contribution in [0.3, 0.4) is 0 Å². The Kier molecular flexibility index (Phi) is 9.48. The average Bonchev–Trinajstić information content (AvgIpc) is 2.54. The fraction of sp³-hybridized carbons (Fsp3) is 0.647. The van der Waals surface area contributed by atoms with E-state index in [4.69, 9.17) is 14.6 Å². The van der Waals surface area contributed by atoms with Crippen LogP contribution in [0.5, 0.6) is 0 Å². The predicted molar refractivity (Wildman–Crippen MR) is 89.6 cm³/mol. The lowest BCUT2D eigenvalue weighted by molar-refractivity contribution is -0.156. The summed E-state index contributed by atoms with van der Waals surface area (Å²) in [6.07, 6.45) is 0.876. The zero-order valence-electron chi connectivity index (χ0n) is 15.2. The Hall–Kier alpha value is -2.38. The monoisotopic (exact) mass is 357 g/mol. The molecule has 0 bridgehead atoms. The molecule has 0 fully saturated rings. The van der Waals surface area contributed by atoms with Gasteiger partial charge in [-0.05, 0) is 33.6 Å². The van der Waals surface area contributed by atoms with Gasteiger partial charge in [0.15, 0.2) is 6.04 Å². The molecule has 0 aromatic rings. The number of carboxylic acid groups (broad SMARTS) is 1. The number of esters is 2. The second-order valence-corrected chi connectivity index (χ2v) is 6.30. The maximum atomic E-state index is 11.7. The lowest BCUT2D eigenvalue weighted by Gasteiger charge is -2.20. The van der Waals surface area contributed by atoms with Crippen LogP contribution in [0.4, 0.5) is 0 Å². The summed E-state index contributed by atoms with van der Waals surface area (Å²) in [6.45, 7) is 9.84. The first-order chi connectivity index (χ1) is 11.5. The molecule has 2 N–H and O–H groups in total. The maximum absolute atomic E-state index is 11.7. The second kappa shape index (κ2) is 10.5. The largest absolute Gasteiger partial charge is 0.480 e. The zero-order chi connectivity index (χ0) is 19.6. The Morgan fingerprint density at radius 3 is 2.28 bits per heavy atom. The van der Waals surface area contributed by atoms with Gasteiger partial charge in [0.05, 0.1) is 12.0 Å². The third-order valence-electron chi connectivity index (χ3n) is 3.60. The van der Waals surface area contributed by atoms with E-state index in [0.717, 1.165) is 0 Å². The molecule has 8 nitrogen and oxygen atoms in total. The summed E-state index contributed by atoms with van der Waals surface area (Å²) >= 11 is 0. The third kappa shape index (κ3) is 8.88. The molecule has 1 atom stereocenters. The van der Waals surface area contributed by atoms with Crippen molar-refractivity contribution in [3.8, 4) is 0 Å². The van der Waals surface area contributed by atoms with Gasteiger partial charge < -0.3 is 19.9 Å². The number of carboxylic acids is 1. The molecule has 0 saturated heterocycles. The van der Waals surface area contributed by atoms with Crippen molar-refractivity contribution in [3.05, 3.63) is 12.2 Å². The van der Waals surface area contributed by atoms with E-state index >= 15 is 0 Å². The van der Waals surface area contributed by atoms with Crippen LogP contribution >= 0.6 is 0 Å². The summed E-state index contributed by atoms with van der Waals surface area (Å²) in [4.78, 5) is 45.8. The summed E-state index contributed by atoms with van der Waals surface area (Å²) in [5.41, 5.74) is -0.425. The number of carbonyl (C=O) groups excluding carboxylic acids is 3. The standard InChI is InChI=1S/C17H27NO7/c1-6-17(4,5)16(23)24-9-7-8-13(19)25-10-12(15(21)22)18-14(20)11(2)3/h12H,2,6-10H2,1,3-5H3,(H,18,20)(H,21,22). The smallest absolute Gasteiger partial charge is 0.329 e. The van der Waals surface area contributed by atoms with Crippen LogP contribution < -0.4 is 5.32 Å². The van der Waals surface area contributed by atoms with Crippen LogP contribution in [0.25, 0.3) is 0 Å². The average molecular weight is 357 g/mol. The van der Waals surface area contributed by atoms with Crippen molar-refractivity contribution >= 4 is 23.8 Å². The van der Waals surface area contributed by atoms with E-state index in [1.165, 1.54) is 6.92 Å². The van der Waals surface area contributed by atoms with E-state index in [0.29, 0.717) is 6.42 Å². The van der Waals surface area contributed by atoms with Crippen LogP contribution in [0.15, 0.2) is 12.2 Å². The Morgan fingerprint density at radius 1 is 1.20 bits per heavy atom. The molecule has 0 heterocycles. The van der Waals surface area contributed by atoms with Crippen molar-refractivity contribution < 1.29 is 33.8 Å². The van der Waals surface area contributed by atoms with Crippen LogP contribution in [-0.2, 0) is 28.7 Å². The van der Waals surface area contributed by atoms with Gasteiger partial charge in [0.1, 0.15) is 6.61 Å². The van der Waals surface area contributed by atoms with Gasteiger partial charge in [0.25, 0.3) is 0 Å². The molecule has 142 valence electrons. The molecule has 0 aromatic carbocycles. The highest BCUT2D eigenvalue weighted by Gasteiger charge is 2.27. The van der Waals surface area contributed by atoms with E-state index in [2.05, 4.69) is 11.9 Å². The van der Waals surface area contributed by atoms with Gasteiger partial charge in [-0.1, -0.05) is 13.5 Å². The molecule has 1 unspecified atom stereocenters. The highest BCUT2D eigenvalue weighted by atomic mass is 16.5. The summed E-state index contributed by atoms with van der Waals surface area (Å²) < 4.78 is 9.92. The normalized spacial score (nSPS) is 12.0. The van der Waals surface area contributed by atoms with Gasteiger partial charge in [-0.3, -0.25) is 14.4 Å². The van der Waals surface area contributed by atoms with Crippen LogP contribution in [0.1, 0.15) is 47.0 Å². The molecule has 0 radical (unpaired) electrons. The first-order valence-electron chi connectivity index (χ1n) is 8.03. The van der Waals surface area contributed by atoms with Crippen molar-refractivity contribution in [2.24, 2.45) is 5.41 Å². The van der Waals surface area contributed by atoms with E-state index < -0.39 is 35.9 Å². The number of aliphatic carboxylic acids is 1. The molecule has 0 aromatic heterocycles. The first-order valence-corrected chi connectivity index (χ1v) is 8.03. The van der Waals surface area contributed by atoms with Gasteiger partial charge in [0, 0.05) is 12.0 Å². The molecule has 0 spiro atoms. The zero-order valence-corrected chi connectivity index (χ0v) is 15.2. The van der Waals surface area contributed by atoms with E-state index in [-0.39, 0.29) is 31.0 Å². The quantitative estimate of drug-likeness (QED) is 0.326. The van der Waals surface area contributed by atoms with Crippen molar-refractivity contribution in [2.75, 3.05) is 13.2 Å². The van der Waals surface area contributed by atoms with Gasteiger partial charge in [-0.15, -0.1) is 0 Å². The number of carbonyl (C=O) groups is 4. The molecule has 0 rings (SSSR count). The Balaban J connectivity index is 4.17. The van der Waals surface area contributed by atoms with Gasteiger partial charge in [-0.2, -0.15) is 0 Å². The lowest BCUT2D eigenvalue weighted by Crippen LogP contribution is -2.44.